The van der Waals surface area contributed by atoms with E-state index in [0.717, 1.165) is 6.42 Å². The van der Waals surface area contributed by atoms with E-state index in [1.54, 1.807) is 0 Å². The van der Waals surface area contributed by atoms with Gasteiger partial charge in [-0.1, -0.05) is 12.2 Å². The predicted octanol–water partition coefficient (Wildman–Crippen LogP) is 1.24. The van der Waals surface area contributed by atoms with Crippen molar-refractivity contribution in [3.8, 4) is 6.07 Å². The van der Waals surface area contributed by atoms with Gasteiger partial charge in [-0.05, 0) is 13.3 Å². The van der Waals surface area contributed by atoms with Gasteiger partial charge in [0.05, 0.1) is 23.7 Å². The van der Waals surface area contributed by atoms with Crippen molar-refractivity contribution in [3.63, 3.8) is 0 Å². The quantitative estimate of drug-likeness (QED) is 0.468. The van der Waals surface area contributed by atoms with Crippen molar-refractivity contribution in [3.05, 3.63) is 12.2 Å². The molecule has 2 rings (SSSR count). The number of nitriles is 1. The zero-order valence-electron chi connectivity index (χ0n) is 5.87. The van der Waals surface area contributed by atoms with E-state index in [-0.39, 0.29) is 17.6 Å². The maximum absolute atomic E-state index is 8.64. The lowest BCUT2D eigenvalue weighted by Gasteiger charge is -2.14. The average molecular weight is 135 g/mol. The summed E-state index contributed by atoms with van der Waals surface area (Å²) < 4.78 is 5.53. The molecule has 52 valence electrons. The standard InChI is InChI=1S/C8H9NO/c1-8-3-2-7(10-8)6(4-8)5-9/h2-3,6-7H,4H2,1H3. The highest BCUT2D eigenvalue weighted by molar-refractivity contribution is 5.21. The summed E-state index contributed by atoms with van der Waals surface area (Å²) in [5.41, 5.74) is -0.120. The van der Waals surface area contributed by atoms with Crippen LogP contribution in [0.15, 0.2) is 12.2 Å². The number of hydrogen-bond acceptors (Lipinski definition) is 2. The van der Waals surface area contributed by atoms with Crippen LogP contribution in [0.4, 0.5) is 0 Å². The van der Waals surface area contributed by atoms with E-state index >= 15 is 0 Å². The predicted molar refractivity (Wildman–Crippen MR) is 36.1 cm³/mol. The van der Waals surface area contributed by atoms with Crippen molar-refractivity contribution in [2.45, 2.75) is 25.0 Å². The zero-order chi connectivity index (χ0) is 7.19. The SMILES string of the molecule is CC12C=CC(O1)C(C#N)C2. The average Bonchev–Trinajstić information content (AvgIpc) is 2.41. The second-order valence-electron chi connectivity index (χ2n) is 3.19. The lowest BCUT2D eigenvalue weighted by atomic mass is 9.89. The fraction of sp³-hybridized carbons (Fsp3) is 0.625. The minimum Gasteiger partial charge on any atom is -0.362 e. The van der Waals surface area contributed by atoms with Crippen LogP contribution in [0.5, 0.6) is 0 Å². The number of fused-ring (bicyclic) bond motifs is 2. The third kappa shape index (κ3) is 0.614. The van der Waals surface area contributed by atoms with Gasteiger partial charge in [0.25, 0.3) is 0 Å². The highest BCUT2D eigenvalue weighted by atomic mass is 16.5. The Hall–Kier alpha value is -0.810. The van der Waals surface area contributed by atoms with Gasteiger partial charge >= 0.3 is 0 Å². The Labute approximate surface area is 60.1 Å². The molecule has 2 nitrogen and oxygen atoms in total. The van der Waals surface area contributed by atoms with E-state index in [0.29, 0.717) is 0 Å². The molecule has 2 aliphatic heterocycles. The highest BCUT2D eigenvalue weighted by Gasteiger charge is 2.44. The van der Waals surface area contributed by atoms with Gasteiger partial charge in [-0.3, -0.25) is 0 Å². The van der Waals surface area contributed by atoms with E-state index in [1.165, 1.54) is 0 Å². The lowest BCUT2D eigenvalue weighted by molar-refractivity contribution is 0.0440. The van der Waals surface area contributed by atoms with E-state index in [4.69, 9.17) is 10.00 Å². The second kappa shape index (κ2) is 1.62. The zero-order valence-corrected chi connectivity index (χ0v) is 5.87. The van der Waals surface area contributed by atoms with Gasteiger partial charge in [-0.2, -0.15) is 5.26 Å². The van der Waals surface area contributed by atoms with Crippen molar-refractivity contribution >= 4 is 0 Å². The fourth-order valence-corrected chi connectivity index (χ4v) is 1.69. The molecule has 3 unspecified atom stereocenters. The van der Waals surface area contributed by atoms with Gasteiger partial charge in [0.2, 0.25) is 0 Å². The molecule has 0 spiro atoms. The minimum absolute atomic E-state index is 0.0787. The Morgan fingerprint density at radius 3 is 2.90 bits per heavy atom. The van der Waals surface area contributed by atoms with Crippen LogP contribution in [0.25, 0.3) is 0 Å². The first kappa shape index (κ1) is 5.94. The largest absolute Gasteiger partial charge is 0.362 e. The smallest absolute Gasteiger partial charge is 0.0927 e. The maximum atomic E-state index is 8.64. The van der Waals surface area contributed by atoms with Gasteiger partial charge in [0.1, 0.15) is 0 Å². The highest BCUT2D eigenvalue weighted by Crippen LogP contribution is 2.41. The molecule has 3 atom stereocenters. The summed E-state index contributed by atoms with van der Waals surface area (Å²) in [5.74, 6) is 0.0926. The van der Waals surface area contributed by atoms with Crippen LogP contribution in [0.2, 0.25) is 0 Å². The molecule has 1 saturated heterocycles. The van der Waals surface area contributed by atoms with E-state index in [2.05, 4.69) is 12.1 Å². The summed E-state index contributed by atoms with van der Waals surface area (Å²) in [7, 11) is 0. The van der Waals surface area contributed by atoms with Crippen LogP contribution >= 0.6 is 0 Å². The molecule has 0 aromatic rings. The molecule has 1 fully saturated rings. The van der Waals surface area contributed by atoms with Crippen molar-refractivity contribution in [2.75, 3.05) is 0 Å². The molecule has 0 aliphatic carbocycles. The molecule has 0 aromatic heterocycles. The van der Waals surface area contributed by atoms with Crippen LogP contribution in [0.1, 0.15) is 13.3 Å². The minimum atomic E-state index is -0.120. The summed E-state index contributed by atoms with van der Waals surface area (Å²) in [6.07, 6.45) is 5.00. The van der Waals surface area contributed by atoms with Gasteiger partial charge < -0.3 is 4.74 Å². The number of hydrogen-bond donors (Lipinski definition) is 0. The Morgan fingerprint density at radius 2 is 2.60 bits per heavy atom. The Bertz CT molecular complexity index is 228. The van der Waals surface area contributed by atoms with Crippen molar-refractivity contribution in [2.24, 2.45) is 5.92 Å². The van der Waals surface area contributed by atoms with E-state index in [1.807, 2.05) is 13.0 Å². The van der Waals surface area contributed by atoms with Gasteiger partial charge in [0, 0.05) is 0 Å². The lowest BCUT2D eigenvalue weighted by Crippen LogP contribution is -2.17. The van der Waals surface area contributed by atoms with Crippen LogP contribution in [-0.4, -0.2) is 11.7 Å². The van der Waals surface area contributed by atoms with Crippen molar-refractivity contribution in [1.82, 2.24) is 0 Å². The monoisotopic (exact) mass is 135 g/mol. The summed E-state index contributed by atoms with van der Waals surface area (Å²) >= 11 is 0. The molecule has 0 N–H and O–H groups in total. The summed E-state index contributed by atoms with van der Waals surface area (Å²) in [4.78, 5) is 0. The normalized spacial score (nSPS) is 49.6. The molecule has 2 bridgehead atoms. The molecular formula is C8H9NO. The Morgan fingerprint density at radius 1 is 1.80 bits per heavy atom. The second-order valence-corrected chi connectivity index (χ2v) is 3.19. The molecule has 2 aliphatic rings. The van der Waals surface area contributed by atoms with E-state index < -0.39 is 0 Å². The molecule has 0 amide bonds. The van der Waals surface area contributed by atoms with Gasteiger partial charge in [-0.25, -0.2) is 0 Å². The first-order valence-corrected chi connectivity index (χ1v) is 3.50. The molecular weight excluding hydrogens is 126 g/mol. The van der Waals surface area contributed by atoms with Crippen LogP contribution < -0.4 is 0 Å². The molecule has 0 saturated carbocycles. The van der Waals surface area contributed by atoms with Crippen molar-refractivity contribution < 1.29 is 4.74 Å². The van der Waals surface area contributed by atoms with Crippen LogP contribution in [0, 0.1) is 17.2 Å². The van der Waals surface area contributed by atoms with Crippen LogP contribution in [-0.2, 0) is 4.74 Å². The summed E-state index contributed by atoms with van der Waals surface area (Å²) in [5, 5.41) is 8.64. The number of nitrogens with zero attached hydrogens (tertiary/aromatic N) is 1. The van der Waals surface area contributed by atoms with Gasteiger partial charge in [-0.15, -0.1) is 0 Å². The van der Waals surface area contributed by atoms with E-state index in [9.17, 15) is 0 Å². The first-order valence-electron chi connectivity index (χ1n) is 3.50. The maximum Gasteiger partial charge on any atom is 0.0927 e. The molecule has 10 heavy (non-hydrogen) atoms. The molecule has 2 heterocycles. The molecule has 0 radical (unpaired) electrons. The molecule has 2 heteroatoms. The Kier molecular flexibility index (Phi) is 0.959. The van der Waals surface area contributed by atoms with Gasteiger partial charge in [0.15, 0.2) is 0 Å². The topological polar surface area (TPSA) is 33.0 Å². The molecule has 0 aromatic carbocycles. The fourth-order valence-electron chi connectivity index (χ4n) is 1.69. The number of rotatable bonds is 0. The first-order chi connectivity index (χ1) is 4.73. The number of ether oxygens (including phenoxy) is 1. The van der Waals surface area contributed by atoms with Crippen LogP contribution in [0.3, 0.4) is 0 Å². The van der Waals surface area contributed by atoms with Crippen molar-refractivity contribution in [1.29, 1.82) is 5.26 Å². The third-order valence-corrected chi connectivity index (χ3v) is 2.23. The Balaban J connectivity index is 2.28. The summed E-state index contributed by atoms with van der Waals surface area (Å²) in [6, 6.07) is 2.24. The third-order valence-electron chi connectivity index (χ3n) is 2.23. The summed E-state index contributed by atoms with van der Waals surface area (Å²) in [6.45, 7) is 2.03.